The summed E-state index contributed by atoms with van der Waals surface area (Å²) in [6.07, 6.45) is 1.65. The highest BCUT2D eigenvalue weighted by atomic mass is 16.7. The van der Waals surface area contributed by atoms with Crippen molar-refractivity contribution in [3.63, 3.8) is 0 Å². The van der Waals surface area contributed by atoms with Crippen LogP contribution in [0.5, 0.6) is 0 Å². The highest BCUT2D eigenvalue weighted by Gasteiger charge is 2.32. The number of rotatable bonds is 6. The number of carbonyl (C=O) groups excluding carboxylic acids is 1. The minimum Gasteiger partial charge on any atom is -0.398 e. The van der Waals surface area contributed by atoms with E-state index in [1.54, 1.807) is 12.1 Å². The monoisotopic (exact) mass is 367 g/mol. The molecule has 0 aromatic heterocycles. The molecule has 1 saturated heterocycles. The molecule has 3 rings (SSSR count). The van der Waals surface area contributed by atoms with Crippen molar-refractivity contribution in [2.75, 3.05) is 18.8 Å². The van der Waals surface area contributed by atoms with E-state index in [0.717, 1.165) is 37.2 Å². The molecule has 144 valence electrons. The number of para-hydroxylation sites is 1. The van der Waals surface area contributed by atoms with Crippen LogP contribution in [0, 0.1) is 5.92 Å². The smallest absolute Gasteiger partial charge is 0.274 e. The van der Waals surface area contributed by atoms with Gasteiger partial charge in [0.15, 0.2) is 0 Å². The lowest BCUT2D eigenvalue weighted by Crippen LogP contribution is -2.43. The van der Waals surface area contributed by atoms with Crippen molar-refractivity contribution < 1.29 is 9.63 Å². The van der Waals surface area contributed by atoms with Crippen LogP contribution in [0.15, 0.2) is 54.6 Å². The SMILES string of the molecule is CC(C)CN1CCC(ONC(=O)c2ccccc2)CC1c1ccccc1N. The van der Waals surface area contributed by atoms with Crippen LogP contribution >= 0.6 is 0 Å². The molecule has 1 amide bonds. The molecule has 0 saturated carbocycles. The molecule has 5 nitrogen and oxygen atoms in total. The van der Waals surface area contributed by atoms with E-state index >= 15 is 0 Å². The number of nitrogen functional groups attached to an aromatic ring is 1. The second-order valence-electron chi connectivity index (χ2n) is 7.59. The van der Waals surface area contributed by atoms with Gasteiger partial charge in [0, 0.05) is 30.4 Å². The van der Waals surface area contributed by atoms with Gasteiger partial charge in [0.1, 0.15) is 0 Å². The Morgan fingerprint density at radius 1 is 1.19 bits per heavy atom. The molecule has 0 radical (unpaired) electrons. The predicted octanol–water partition coefficient (Wildman–Crippen LogP) is 3.79. The van der Waals surface area contributed by atoms with E-state index in [4.69, 9.17) is 10.6 Å². The van der Waals surface area contributed by atoms with Crippen LogP contribution in [0.4, 0.5) is 5.69 Å². The quantitative estimate of drug-likeness (QED) is 0.602. The van der Waals surface area contributed by atoms with Gasteiger partial charge in [-0.2, -0.15) is 0 Å². The molecule has 2 aromatic rings. The summed E-state index contributed by atoms with van der Waals surface area (Å²) in [6, 6.07) is 17.3. The van der Waals surface area contributed by atoms with Crippen molar-refractivity contribution in [1.29, 1.82) is 0 Å². The Kier molecular flexibility index (Phi) is 6.48. The lowest BCUT2D eigenvalue weighted by atomic mass is 9.91. The fraction of sp³-hybridized carbons (Fsp3) is 0.409. The standard InChI is InChI=1S/C22H29N3O2/c1-16(2)15-25-13-12-18(14-21(25)19-10-6-7-11-20(19)23)27-24-22(26)17-8-4-3-5-9-17/h3-11,16,18,21H,12-15,23H2,1-2H3,(H,24,26). The molecule has 0 spiro atoms. The van der Waals surface area contributed by atoms with Gasteiger partial charge < -0.3 is 5.73 Å². The van der Waals surface area contributed by atoms with Crippen LogP contribution in [-0.4, -0.2) is 30.0 Å². The van der Waals surface area contributed by atoms with Gasteiger partial charge in [-0.15, -0.1) is 0 Å². The van der Waals surface area contributed by atoms with Crippen molar-refractivity contribution in [2.45, 2.75) is 38.8 Å². The molecular formula is C22H29N3O2. The van der Waals surface area contributed by atoms with E-state index in [-0.39, 0.29) is 18.1 Å². The molecule has 3 N–H and O–H groups in total. The number of nitrogens with zero attached hydrogens (tertiary/aromatic N) is 1. The van der Waals surface area contributed by atoms with Crippen LogP contribution < -0.4 is 11.2 Å². The van der Waals surface area contributed by atoms with Crippen molar-refractivity contribution in [3.05, 3.63) is 65.7 Å². The molecule has 1 heterocycles. The maximum Gasteiger partial charge on any atom is 0.274 e. The number of likely N-dealkylation sites (tertiary alicyclic amines) is 1. The number of hydrogen-bond donors (Lipinski definition) is 2. The van der Waals surface area contributed by atoms with Crippen LogP contribution in [0.1, 0.15) is 48.7 Å². The van der Waals surface area contributed by atoms with E-state index in [0.29, 0.717) is 11.5 Å². The number of nitrogens with one attached hydrogen (secondary N) is 1. The van der Waals surface area contributed by atoms with Crippen LogP contribution in [0.25, 0.3) is 0 Å². The van der Waals surface area contributed by atoms with Crippen LogP contribution in [-0.2, 0) is 4.84 Å². The summed E-state index contributed by atoms with van der Waals surface area (Å²) in [5.41, 5.74) is 11.4. The number of carbonyl (C=O) groups is 1. The average Bonchev–Trinajstić information content (AvgIpc) is 2.68. The second kappa shape index (κ2) is 9.02. The lowest BCUT2D eigenvalue weighted by Gasteiger charge is -2.40. The first-order valence-corrected chi connectivity index (χ1v) is 9.64. The third kappa shape index (κ3) is 5.08. The summed E-state index contributed by atoms with van der Waals surface area (Å²) >= 11 is 0. The number of amides is 1. The average molecular weight is 367 g/mol. The van der Waals surface area contributed by atoms with Gasteiger partial charge >= 0.3 is 0 Å². The highest BCUT2D eigenvalue weighted by Crippen LogP contribution is 2.35. The zero-order valence-electron chi connectivity index (χ0n) is 16.1. The number of benzene rings is 2. The van der Waals surface area contributed by atoms with Gasteiger partial charge in [0.05, 0.1) is 6.10 Å². The first-order valence-electron chi connectivity index (χ1n) is 9.64. The molecule has 0 bridgehead atoms. The maximum absolute atomic E-state index is 12.2. The molecule has 0 aliphatic carbocycles. The number of piperidine rings is 1. The Morgan fingerprint density at radius 3 is 2.59 bits per heavy atom. The Morgan fingerprint density at radius 2 is 1.89 bits per heavy atom. The second-order valence-corrected chi connectivity index (χ2v) is 7.59. The van der Waals surface area contributed by atoms with E-state index in [9.17, 15) is 4.79 Å². The number of hydroxylamine groups is 1. The molecule has 1 aliphatic rings. The Balaban J connectivity index is 1.67. The molecular weight excluding hydrogens is 338 g/mol. The minimum absolute atomic E-state index is 0.0364. The van der Waals surface area contributed by atoms with Gasteiger partial charge in [0.2, 0.25) is 0 Å². The fourth-order valence-electron chi connectivity index (χ4n) is 3.70. The summed E-state index contributed by atoms with van der Waals surface area (Å²) in [4.78, 5) is 20.5. The summed E-state index contributed by atoms with van der Waals surface area (Å²) < 4.78 is 0. The third-order valence-electron chi connectivity index (χ3n) is 4.97. The van der Waals surface area contributed by atoms with Gasteiger partial charge in [-0.25, -0.2) is 5.48 Å². The largest absolute Gasteiger partial charge is 0.398 e. The van der Waals surface area contributed by atoms with Gasteiger partial charge in [-0.05, 0) is 42.5 Å². The van der Waals surface area contributed by atoms with Crippen molar-refractivity contribution in [1.82, 2.24) is 10.4 Å². The number of hydrogen-bond acceptors (Lipinski definition) is 4. The molecule has 2 aromatic carbocycles. The topological polar surface area (TPSA) is 67.6 Å². The third-order valence-corrected chi connectivity index (χ3v) is 4.97. The van der Waals surface area contributed by atoms with E-state index in [1.807, 2.05) is 36.4 Å². The van der Waals surface area contributed by atoms with Gasteiger partial charge in [-0.1, -0.05) is 50.2 Å². The first kappa shape index (κ1) is 19.4. The van der Waals surface area contributed by atoms with E-state index in [2.05, 4.69) is 30.3 Å². The Labute approximate surface area is 161 Å². The van der Waals surface area contributed by atoms with Crippen molar-refractivity contribution in [2.24, 2.45) is 5.92 Å². The summed E-state index contributed by atoms with van der Waals surface area (Å²) in [6.45, 7) is 6.40. The van der Waals surface area contributed by atoms with Crippen molar-refractivity contribution in [3.8, 4) is 0 Å². The fourth-order valence-corrected chi connectivity index (χ4v) is 3.70. The zero-order chi connectivity index (χ0) is 19.2. The number of nitrogens with two attached hydrogens (primary N) is 1. The summed E-state index contributed by atoms with van der Waals surface area (Å²) in [7, 11) is 0. The predicted molar refractivity (Wildman–Crippen MR) is 108 cm³/mol. The summed E-state index contributed by atoms with van der Waals surface area (Å²) in [5, 5.41) is 0. The molecule has 1 aliphatic heterocycles. The first-order chi connectivity index (χ1) is 13.0. The van der Waals surface area contributed by atoms with Gasteiger partial charge in [0.25, 0.3) is 5.91 Å². The lowest BCUT2D eigenvalue weighted by molar-refractivity contribution is -0.0594. The molecule has 5 heteroatoms. The summed E-state index contributed by atoms with van der Waals surface area (Å²) in [5.74, 6) is 0.365. The molecule has 2 unspecified atom stereocenters. The van der Waals surface area contributed by atoms with Crippen LogP contribution in [0.3, 0.4) is 0 Å². The van der Waals surface area contributed by atoms with E-state index in [1.165, 1.54) is 0 Å². The normalized spacial score (nSPS) is 20.6. The highest BCUT2D eigenvalue weighted by molar-refractivity contribution is 5.93. The zero-order valence-corrected chi connectivity index (χ0v) is 16.1. The Hall–Kier alpha value is -2.37. The molecule has 1 fully saturated rings. The van der Waals surface area contributed by atoms with E-state index < -0.39 is 0 Å². The maximum atomic E-state index is 12.2. The van der Waals surface area contributed by atoms with Crippen molar-refractivity contribution >= 4 is 11.6 Å². The minimum atomic E-state index is -0.212. The molecule has 27 heavy (non-hydrogen) atoms. The number of anilines is 1. The van der Waals surface area contributed by atoms with Crippen LogP contribution in [0.2, 0.25) is 0 Å². The Bertz CT molecular complexity index is 748. The van der Waals surface area contributed by atoms with Gasteiger partial charge in [-0.3, -0.25) is 14.5 Å². The molecule has 2 atom stereocenters.